The molecule has 0 amide bonds. The van der Waals surface area contributed by atoms with Crippen LogP contribution in [0.4, 0.5) is 0 Å². The summed E-state index contributed by atoms with van der Waals surface area (Å²) in [6, 6.07) is 0.0463. The van der Waals surface area contributed by atoms with E-state index in [4.69, 9.17) is 8.85 Å². The summed E-state index contributed by atoms with van der Waals surface area (Å²) in [7, 11) is 0. The van der Waals surface area contributed by atoms with Crippen LogP contribution in [0, 0.1) is 23.7 Å². The number of ether oxygens (including phenoxy) is 1. The number of piperidine rings is 2. The first-order chi connectivity index (χ1) is 14.5. The van der Waals surface area contributed by atoms with Gasteiger partial charge in [-0.3, -0.25) is 5.32 Å². The van der Waals surface area contributed by atoms with Crippen molar-refractivity contribution in [3.63, 3.8) is 0 Å². The van der Waals surface area contributed by atoms with E-state index in [0.717, 1.165) is 41.6 Å². The molecule has 150 valence electrons. The molecular weight excluding hydrogens is 352 g/mol. The van der Waals surface area contributed by atoms with Gasteiger partial charge in [0.1, 0.15) is 5.76 Å². The predicted octanol–water partition coefficient (Wildman–Crippen LogP) is 4.44. The second-order valence-corrected chi connectivity index (χ2v) is 11.4. The fourth-order valence-corrected chi connectivity index (χ4v) is 9.36. The summed E-state index contributed by atoms with van der Waals surface area (Å²) in [6.45, 7) is -0.757. The third-order valence-electron chi connectivity index (χ3n) is 8.55. The quantitative estimate of drug-likeness (QED) is 0.692. The molecule has 2 N–H and O–H groups in total. The first kappa shape index (κ1) is 14.7. The lowest BCUT2D eigenvalue weighted by atomic mass is 9.73. The molecule has 5 fully saturated rings. The molecule has 9 atom stereocenters. The van der Waals surface area contributed by atoms with Crippen LogP contribution in [0.5, 0.6) is 0 Å². The maximum atomic E-state index is 7.81. The van der Waals surface area contributed by atoms with E-state index in [1.165, 1.54) is 62.8 Å². The molecular formula is C23H36N2OS. The van der Waals surface area contributed by atoms with E-state index in [2.05, 4.69) is 22.4 Å². The van der Waals surface area contributed by atoms with Crippen LogP contribution < -0.4 is 10.6 Å². The number of hydrogen-bond donors (Lipinski definition) is 2. The molecule has 1 saturated carbocycles. The zero-order valence-corrected chi connectivity index (χ0v) is 17.1. The molecule has 4 heterocycles. The zero-order valence-electron chi connectivity index (χ0n) is 19.3. The van der Waals surface area contributed by atoms with Gasteiger partial charge >= 0.3 is 0 Å². The Bertz CT molecular complexity index is 713. The van der Waals surface area contributed by atoms with Crippen molar-refractivity contribution < 1.29 is 8.85 Å². The predicted molar refractivity (Wildman–Crippen MR) is 112 cm³/mol. The van der Waals surface area contributed by atoms with Gasteiger partial charge in [0.15, 0.2) is 6.23 Å². The number of thioether (sulfide) groups is 1. The Hall–Kier alpha value is -0.190. The Kier molecular flexibility index (Phi) is 3.79. The Morgan fingerprint density at radius 3 is 2.93 bits per heavy atom. The lowest BCUT2D eigenvalue weighted by Gasteiger charge is -2.38. The number of nitrogens with one attached hydrogen (secondary N) is 2. The average molecular weight is 392 g/mol. The highest BCUT2D eigenvalue weighted by Crippen LogP contribution is 2.54. The molecule has 0 bridgehead atoms. The van der Waals surface area contributed by atoms with Crippen molar-refractivity contribution in [1.29, 1.82) is 0 Å². The summed E-state index contributed by atoms with van der Waals surface area (Å²) < 4.78 is 30.0. The minimum absolute atomic E-state index is 0.0997. The highest BCUT2D eigenvalue weighted by molar-refractivity contribution is 8.00. The first-order valence-electron chi connectivity index (χ1n) is 13.0. The van der Waals surface area contributed by atoms with Crippen LogP contribution in [0.25, 0.3) is 0 Å². The van der Waals surface area contributed by atoms with Crippen molar-refractivity contribution in [1.82, 2.24) is 10.6 Å². The summed E-state index contributed by atoms with van der Waals surface area (Å²) in [6.07, 6.45) is 12.2. The van der Waals surface area contributed by atoms with E-state index >= 15 is 0 Å². The van der Waals surface area contributed by atoms with Crippen molar-refractivity contribution in [2.75, 3.05) is 6.54 Å². The summed E-state index contributed by atoms with van der Waals surface area (Å²) >= 11 is 2.32. The van der Waals surface area contributed by atoms with Crippen molar-refractivity contribution in [3.05, 3.63) is 11.3 Å². The SMILES string of the molecule is [2H]C([2H])([2H])[C@@H]1CCC2C(N1)OC1=C([C@H]3C[C@H]4S[C@H]5CCCC[C@H]5[C@H]4CN3)CCC[C@H]12. The normalized spacial score (nSPS) is 53.9. The molecule has 4 heteroatoms. The van der Waals surface area contributed by atoms with Crippen molar-refractivity contribution >= 4 is 11.8 Å². The first-order valence-corrected chi connectivity index (χ1v) is 12.5. The van der Waals surface area contributed by atoms with Crippen molar-refractivity contribution in [2.24, 2.45) is 23.7 Å². The number of rotatable bonds is 1. The lowest BCUT2D eigenvalue weighted by Crippen LogP contribution is -2.47. The largest absolute Gasteiger partial charge is 0.479 e. The van der Waals surface area contributed by atoms with Gasteiger partial charge in [-0.15, -0.1) is 0 Å². The molecule has 4 saturated heterocycles. The Labute approximate surface area is 173 Å². The third kappa shape index (κ3) is 2.92. The van der Waals surface area contributed by atoms with Gasteiger partial charge in [0.05, 0.1) is 0 Å². The molecule has 2 aliphatic carbocycles. The molecule has 0 spiro atoms. The van der Waals surface area contributed by atoms with Crippen LogP contribution in [0.2, 0.25) is 0 Å². The van der Waals surface area contributed by atoms with E-state index in [-0.39, 0.29) is 6.23 Å². The highest BCUT2D eigenvalue weighted by Gasteiger charge is 2.50. The molecule has 6 aliphatic rings. The standard InChI is InChI=1S/C23H36N2OS/c1-13-9-10-16-15-6-4-7-17(22(15)26-23(16)25-13)19-11-21-18(12-24-19)14-5-2-3-8-20(14)27-21/h13-16,18-21,23-25H,2-12H2,1H3/t13-,14+,15+,16?,18-,19-,20+,21-,23?/m1/s1/i1D3. The van der Waals surface area contributed by atoms with E-state index < -0.39 is 12.9 Å². The van der Waals surface area contributed by atoms with Crippen molar-refractivity contribution in [3.8, 4) is 0 Å². The van der Waals surface area contributed by atoms with Gasteiger partial charge < -0.3 is 10.1 Å². The summed E-state index contributed by atoms with van der Waals surface area (Å²) in [5.74, 6) is 4.02. The minimum atomic E-state index is -1.93. The Morgan fingerprint density at radius 2 is 1.96 bits per heavy atom. The number of fused-ring (bicyclic) bond motifs is 6. The third-order valence-corrected chi connectivity index (χ3v) is 10.4. The molecule has 0 radical (unpaired) electrons. The summed E-state index contributed by atoms with van der Waals surface area (Å²) in [4.78, 5) is 0. The molecule has 0 aromatic carbocycles. The van der Waals surface area contributed by atoms with Gasteiger partial charge in [0.2, 0.25) is 0 Å². The van der Waals surface area contributed by atoms with E-state index in [9.17, 15) is 0 Å². The van der Waals surface area contributed by atoms with Gasteiger partial charge in [-0.05, 0) is 82.2 Å². The fraction of sp³-hybridized carbons (Fsp3) is 0.913. The fourth-order valence-electron chi connectivity index (χ4n) is 7.27. The average Bonchev–Trinajstić information content (AvgIpc) is 3.30. The Morgan fingerprint density at radius 1 is 1.00 bits per heavy atom. The lowest BCUT2D eigenvalue weighted by molar-refractivity contribution is 0.0573. The van der Waals surface area contributed by atoms with E-state index in [0.29, 0.717) is 17.9 Å². The smallest absolute Gasteiger partial charge is 0.153 e. The van der Waals surface area contributed by atoms with Gasteiger partial charge in [-0.1, -0.05) is 12.8 Å². The number of hydrogen-bond acceptors (Lipinski definition) is 4. The second kappa shape index (κ2) is 6.95. The Balaban J connectivity index is 1.20. The maximum Gasteiger partial charge on any atom is 0.153 e. The monoisotopic (exact) mass is 391 g/mol. The van der Waals surface area contributed by atoms with Crippen LogP contribution in [0.3, 0.4) is 0 Å². The van der Waals surface area contributed by atoms with E-state index in [1.54, 1.807) is 0 Å². The molecule has 2 unspecified atom stereocenters. The molecule has 3 nitrogen and oxygen atoms in total. The van der Waals surface area contributed by atoms with Crippen LogP contribution in [0.15, 0.2) is 11.3 Å². The van der Waals surface area contributed by atoms with Gasteiger partial charge in [-0.2, -0.15) is 11.8 Å². The molecule has 6 rings (SSSR count). The molecule has 27 heavy (non-hydrogen) atoms. The van der Waals surface area contributed by atoms with Gasteiger partial charge in [0.25, 0.3) is 0 Å². The van der Waals surface area contributed by atoms with Crippen LogP contribution in [-0.4, -0.2) is 35.4 Å². The van der Waals surface area contributed by atoms with Crippen LogP contribution in [0.1, 0.15) is 75.2 Å². The van der Waals surface area contributed by atoms with Crippen molar-refractivity contribution in [2.45, 2.75) is 99.9 Å². The summed E-state index contributed by atoms with van der Waals surface area (Å²) in [5, 5.41) is 9.05. The second-order valence-electron chi connectivity index (χ2n) is 9.91. The minimum Gasteiger partial charge on any atom is -0.479 e. The van der Waals surface area contributed by atoms with Gasteiger partial charge in [-0.25, -0.2) is 0 Å². The maximum absolute atomic E-state index is 7.81. The number of allylic oxidation sites excluding steroid dienone is 1. The van der Waals surface area contributed by atoms with E-state index in [1.807, 2.05) is 0 Å². The molecule has 0 aromatic heterocycles. The molecule has 0 aromatic rings. The highest BCUT2D eigenvalue weighted by atomic mass is 32.2. The van der Waals surface area contributed by atoms with Crippen LogP contribution >= 0.6 is 11.8 Å². The topological polar surface area (TPSA) is 33.3 Å². The van der Waals surface area contributed by atoms with Gasteiger partial charge in [0, 0.05) is 38.5 Å². The molecule has 4 aliphatic heterocycles. The zero-order chi connectivity index (χ0) is 20.5. The summed E-state index contributed by atoms with van der Waals surface area (Å²) in [5.41, 5.74) is 1.53. The van der Waals surface area contributed by atoms with Crippen LogP contribution in [-0.2, 0) is 4.74 Å².